The number of hydrogen-bond acceptors (Lipinski definition) is 6. The molecule has 7 heteroatoms. The molecule has 0 aromatic heterocycles. The van der Waals surface area contributed by atoms with E-state index in [2.05, 4.69) is 40.5 Å². The maximum Gasteiger partial charge on any atom is 0.407 e. The lowest BCUT2D eigenvalue weighted by atomic mass is 9.98. The van der Waals surface area contributed by atoms with Gasteiger partial charge in [-0.3, -0.25) is 4.79 Å². The zero-order chi connectivity index (χ0) is 27.3. The van der Waals surface area contributed by atoms with E-state index in [-0.39, 0.29) is 18.5 Å². The minimum atomic E-state index is -0.540. The predicted molar refractivity (Wildman–Crippen MR) is 148 cm³/mol. The largest absolute Gasteiger partial charge is 0.481 e. The monoisotopic (exact) mass is 516 g/mol. The first kappa shape index (κ1) is 27.0. The summed E-state index contributed by atoms with van der Waals surface area (Å²) in [6, 6.07) is 22.2. The number of benzene rings is 3. The van der Waals surface area contributed by atoms with E-state index in [9.17, 15) is 9.59 Å². The molecule has 1 aliphatic rings. The van der Waals surface area contributed by atoms with Crippen molar-refractivity contribution in [3.8, 4) is 16.9 Å². The van der Waals surface area contributed by atoms with Crippen LogP contribution in [0, 0.1) is 0 Å². The normalized spacial score (nSPS) is 14.8. The molecule has 1 heterocycles. The summed E-state index contributed by atoms with van der Waals surface area (Å²) < 4.78 is 17.0. The molecule has 1 amide bonds. The predicted octanol–water partition coefficient (Wildman–Crippen LogP) is 6.05. The van der Waals surface area contributed by atoms with E-state index in [0.717, 1.165) is 39.3 Å². The Bertz CT molecular complexity index is 1300. The summed E-state index contributed by atoms with van der Waals surface area (Å²) in [5.74, 6) is 0.456. The first-order chi connectivity index (χ1) is 18.1. The Morgan fingerprint density at radius 2 is 1.74 bits per heavy atom. The summed E-state index contributed by atoms with van der Waals surface area (Å²) in [7, 11) is 2.04. The van der Waals surface area contributed by atoms with Crippen LogP contribution in [0.5, 0.6) is 5.75 Å². The van der Waals surface area contributed by atoms with Gasteiger partial charge in [-0.2, -0.15) is 0 Å². The maximum absolute atomic E-state index is 12.2. The molecule has 7 nitrogen and oxygen atoms in total. The molecule has 3 aromatic carbocycles. The van der Waals surface area contributed by atoms with Crippen molar-refractivity contribution >= 4 is 17.7 Å². The summed E-state index contributed by atoms with van der Waals surface area (Å²) in [5.41, 5.74) is 5.36. The molecule has 0 fully saturated rings. The Morgan fingerprint density at radius 3 is 2.47 bits per heavy atom. The summed E-state index contributed by atoms with van der Waals surface area (Å²) in [4.78, 5) is 26.4. The maximum atomic E-state index is 12.2. The molecule has 0 bridgehead atoms. The third-order valence-corrected chi connectivity index (χ3v) is 6.18. The number of esters is 1. The summed E-state index contributed by atoms with van der Waals surface area (Å²) in [6.07, 6.45) is -0.472. The van der Waals surface area contributed by atoms with Crippen molar-refractivity contribution in [2.45, 2.75) is 52.4 Å². The van der Waals surface area contributed by atoms with Gasteiger partial charge in [-0.1, -0.05) is 48.5 Å². The van der Waals surface area contributed by atoms with Crippen molar-refractivity contribution in [1.29, 1.82) is 0 Å². The second-order valence-corrected chi connectivity index (χ2v) is 10.4. The van der Waals surface area contributed by atoms with Crippen LogP contribution in [-0.2, 0) is 27.2 Å². The van der Waals surface area contributed by atoms with Crippen molar-refractivity contribution in [3.05, 3.63) is 83.4 Å². The minimum Gasteiger partial charge on any atom is -0.481 e. The number of ether oxygens (including phenoxy) is 3. The number of rotatable bonds is 7. The van der Waals surface area contributed by atoms with E-state index in [1.165, 1.54) is 0 Å². The number of nitrogens with one attached hydrogen (secondary N) is 1. The van der Waals surface area contributed by atoms with Crippen LogP contribution in [0.25, 0.3) is 11.1 Å². The topological polar surface area (TPSA) is 77.1 Å². The number of hydrogen-bond donors (Lipinski definition) is 1. The van der Waals surface area contributed by atoms with Gasteiger partial charge in [0, 0.05) is 19.2 Å². The van der Waals surface area contributed by atoms with Crippen LogP contribution in [0.2, 0.25) is 0 Å². The van der Waals surface area contributed by atoms with E-state index in [4.69, 9.17) is 14.2 Å². The fourth-order valence-electron chi connectivity index (χ4n) is 4.48. The standard InChI is InChI=1S/C31H36N2O5/c1-6-36-28(34)18-25-14-9-15-26-29(25)37-27(20-33(26)5)24-13-8-12-23(17-24)22-11-7-10-21(16-22)19-32-30(35)38-31(2,3)4/h7-17,27H,6,18-20H2,1-5H3,(H,32,35). The summed E-state index contributed by atoms with van der Waals surface area (Å²) in [5, 5.41) is 2.82. The van der Waals surface area contributed by atoms with Crippen LogP contribution >= 0.6 is 0 Å². The zero-order valence-corrected chi connectivity index (χ0v) is 22.7. The van der Waals surface area contributed by atoms with E-state index in [0.29, 0.717) is 19.7 Å². The number of amides is 1. The molecule has 1 unspecified atom stereocenters. The van der Waals surface area contributed by atoms with Crippen LogP contribution in [0.4, 0.5) is 10.5 Å². The highest BCUT2D eigenvalue weighted by molar-refractivity contribution is 5.76. The third-order valence-electron chi connectivity index (χ3n) is 6.18. The number of likely N-dealkylation sites (N-methyl/N-ethyl adjacent to an activating group) is 1. The Hall–Kier alpha value is -4.00. The smallest absolute Gasteiger partial charge is 0.407 e. The SMILES string of the molecule is CCOC(=O)Cc1cccc2c1OC(c1cccc(-c3cccc(CNC(=O)OC(C)(C)C)c3)c1)CN2C. The molecule has 3 aromatic rings. The molecular formula is C31H36N2O5. The molecule has 4 rings (SSSR count). The lowest BCUT2D eigenvalue weighted by Gasteiger charge is -2.35. The number of para-hydroxylation sites is 1. The fraction of sp³-hybridized carbons (Fsp3) is 0.355. The molecule has 0 saturated heterocycles. The van der Waals surface area contributed by atoms with Gasteiger partial charge in [-0.25, -0.2) is 4.79 Å². The van der Waals surface area contributed by atoms with Gasteiger partial charge in [0.25, 0.3) is 0 Å². The highest BCUT2D eigenvalue weighted by Crippen LogP contribution is 2.40. The molecule has 0 spiro atoms. The van der Waals surface area contributed by atoms with Crippen molar-refractivity contribution < 1.29 is 23.8 Å². The van der Waals surface area contributed by atoms with Crippen LogP contribution in [0.3, 0.4) is 0 Å². The number of carbonyl (C=O) groups is 2. The zero-order valence-electron chi connectivity index (χ0n) is 22.7. The fourth-order valence-corrected chi connectivity index (χ4v) is 4.48. The second-order valence-electron chi connectivity index (χ2n) is 10.4. The Labute approximate surface area is 224 Å². The van der Waals surface area contributed by atoms with Crippen LogP contribution < -0.4 is 15.0 Å². The molecule has 0 aliphatic carbocycles. The highest BCUT2D eigenvalue weighted by atomic mass is 16.6. The quantitative estimate of drug-likeness (QED) is 0.385. The first-order valence-electron chi connectivity index (χ1n) is 12.9. The van der Waals surface area contributed by atoms with Crippen molar-refractivity contribution in [3.63, 3.8) is 0 Å². The van der Waals surface area contributed by atoms with E-state index in [1.54, 1.807) is 6.92 Å². The van der Waals surface area contributed by atoms with Gasteiger partial charge in [0.2, 0.25) is 0 Å². The highest BCUT2D eigenvalue weighted by Gasteiger charge is 2.28. The molecule has 1 aliphatic heterocycles. The summed E-state index contributed by atoms with van der Waals surface area (Å²) >= 11 is 0. The molecule has 1 N–H and O–H groups in total. The van der Waals surface area contributed by atoms with Gasteiger partial charge in [0.05, 0.1) is 25.3 Å². The van der Waals surface area contributed by atoms with Gasteiger partial charge in [-0.15, -0.1) is 0 Å². The number of fused-ring (bicyclic) bond motifs is 1. The molecule has 0 radical (unpaired) electrons. The van der Waals surface area contributed by atoms with Gasteiger partial charge >= 0.3 is 12.1 Å². The average Bonchev–Trinajstić information content (AvgIpc) is 2.87. The first-order valence-corrected chi connectivity index (χ1v) is 12.9. The molecule has 38 heavy (non-hydrogen) atoms. The number of alkyl carbamates (subject to hydrolysis) is 1. The van der Waals surface area contributed by atoms with E-state index in [1.807, 2.05) is 64.2 Å². The second kappa shape index (κ2) is 11.6. The third kappa shape index (κ3) is 6.85. The van der Waals surface area contributed by atoms with Gasteiger partial charge in [0.1, 0.15) is 17.5 Å². The summed E-state index contributed by atoms with van der Waals surface area (Å²) in [6.45, 7) is 8.73. The molecule has 1 atom stereocenters. The molecule has 200 valence electrons. The number of carbonyl (C=O) groups excluding carboxylic acids is 2. The van der Waals surface area contributed by atoms with Crippen molar-refractivity contribution in [1.82, 2.24) is 5.32 Å². The van der Waals surface area contributed by atoms with Crippen molar-refractivity contribution in [2.75, 3.05) is 25.1 Å². The Kier molecular flexibility index (Phi) is 8.25. The van der Waals surface area contributed by atoms with Gasteiger partial charge < -0.3 is 24.4 Å². The molecular weight excluding hydrogens is 480 g/mol. The number of anilines is 1. The lowest BCUT2D eigenvalue weighted by molar-refractivity contribution is -0.142. The van der Waals surface area contributed by atoms with Crippen molar-refractivity contribution in [2.24, 2.45) is 0 Å². The minimum absolute atomic E-state index is 0.168. The Balaban J connectivity index is 1.52. The molecule has 0 saturated carbocycles. The number of nitrogens with zero attached hydrogens (tertiary/aromatic N) is 1. The van der Waals surface area contributed by atoms with E-state index < -0.39 is 11.7 Å². The van der Waals surface area contributed by atoms with Crippen LogP contribution in [-0.4, -0.2) is 37.9 Å². The van der Waals surface area contributed by atoms with E-state index >= 15 is 0 Å². The van der Waals surface area contributed by atoms with Gasteiger partial charge in [0.15, 0.2) is 0 Å². The van der Waals surface area contributed by atoms with Crippen LogP contribution in [0.1, 0.15) is 50.5 Å². The van der Waals surface area contributed by atoms with Crippen LogP contribution in [0.15, 0.2) is 66.7 Å². The average molecular weight is 517 g/mol. The Morgan fingerprint density at radius 1 is 1.03 bits per heavy atom. The van der Waals surface area contributed by atoms with Gasteiger partial charge in [-0.05, 0) is 68.1 Å². The lowest BCUT2D eigenvalue weighted by Crippen LogP contribution is -2.32.